The van der Waals surface area contributed by atoms with Crippen LogP contribution in [0.15, 0.2) is 18.2 Å². The fourth-order valence-corrected chi connectivity index (χ4v) is 2.54. The first kappa shape index (κ1) is 14.6. The van der Waals surface area contributed by atoms with E-state index in [0.717, 1.165) is 43.9 Å². The minimum absolute atomic E-state index is 0.132. The largest absolute Gasteiger partial charge is 0.385 e. The van der Waals surface area contributed by atoms with Crippen molar-refractivity contribution >= 4 is 17.1 Å². The SMILES string of the molecule is CCNc1cc(N2CCC(OC)CC2)cc([N+](=O)[O-])c1. The Labute approximate surface area is 118 Å². The Bertz CT molecular complexity index is 471. The van der Waals surface area contributed by atoms with Crippen molar-refractivity contribution in [1.82, 2.24) is 0 Å². The van der Waals surface area contributed by atoms with E-state index in [1.807, 2.05) is 13.0 Å². The molecule has 0 aliphatic carbocycles. The summed E-state index contributed by atoms with van der Waals surface area (Å²) < 4.78 is 5.35. The lowest BCUT2D eigenvalue weighted by Gasteiger charge is -2.33. The first-order valence-corrected chi connectivity index (χ1v) is 6.95. The van der Waals surface area contributed by atoms with E-state index in [0.29, 0.717) is 6.10 Å². The van der Waals surface area contributed by atoms with Crippen LogP contribution in [0.5, 0.6) is 0 Å². The van der Waals surface area contributed by atoms with Crippen LogP contribution in [0.2, 0.25) is 0 Å². The third-order valence-electron chi connectivity index (χ3n) is 3.63. The maximum absolute atomic E-state index is 11.0. The Balaban J connectivity index is 2.20. The number of nitro benzene ring substituents is 1. The van der Waals surface area contributed by atoms with Gasteiger partial charge in [-0.3, -0.25) is 10.1 Å². The summed E-state index contributed by atoms with van der Waals surface area (Å²) in [5.41, 5.74) is 1.84. The number of benzene rings is 1. The van der Waals surface area contributed by atoms with E-state index in [2.05, 4.69) is 10.2 Å². The zero-order valence-corrected chi connectivity index (χ0v) is 12.0. The summed E-state index contributed by atoms with van der Waals surface area (Å²) in [4.78, 5) is 12.9. The highest BCUT2D eigenvalue weighted by molar-refractivity contribution is 5.64. The van der Waals surface area contributed by atoms with Crippen molar-refractivity contribution in [3.8, 4) is 0 Å². The van der Waals surface area contributed by atoms with Crippen LogP contribution in [0.25, 0.3) is 0 Å². The quantitative estimate of drug-likeness (QED) is 0.663. The number of hydrogen-bond acceptors (Lipinski definition) is 5. The molecule has 6 heteroatoms. The van der Waals surface area contributed by atoms with E-state index in [1.54, 1.807) is 19.2 Å². The molecule has 1 saturated heterocycles. The van der Waals surface area contributed by atoms with E-state index in [1.165, 1.54) is 0 Å². The highest BCUT2D eigenvalue weighted by Gasteiger charge is 2.21. The summed E-state index contributed by atoms with van der Waals surface area (Å²) in [6, 6.07) is 5.20. The molecule has 0 amide bonds. The van der Waals surface area contributed by atoms with Crippen molar-refractivity contribution in [2.75, 3.05) is 37.0 Å². The van der Waals surface area contributed by atoms with Crippen molar-refractivity contribution in [3.63, 3.8) is 0 Å². The topological polar surface area (TPSA) is 67.6 Å². The Morgan fingerprint density at radius 2 is 2.10 bits per heavy atom. The molecule has 0 aromatic heterocycles. The van der Waals surface area contributed by atoms with Crippen LogP contribution in [0.3, 0.4) is 0 Å². The molecule has 0 saturated carbocycles. The first-order chi connectivity index (χ1) is 9.63. The zero-order valence-electron chi connectivity index (χ0n) is 12.0. The summed E-state index contributed by atoms with van der Waals surface area (Å²) >= 11 is 0. The van der Waals surface area contributed by atoms with E-state index in [-0.39, 0.29) is 10.6 Å². The minimum Gasteiger partial charge on any atom is -0.385 e. The number of piperidine rings is 1. The summed E-state index contributed by atoms with van der Waals surface area (Å²) in [7, 11) is 1.73. The van der Waals surface area contributed by atoms with Crippen LogP contribution in [0, 0.1) is 10.1 Å². The molecule has 6 nitrogen and oxygen atoms in total. The van der Waals surface area contributed by atoms with Gasteiger partial charge in [0.1, 0.15) is 0 Å². The number of nitrogens with zero attached hydrogens (tertiary/aromatic N) is 2. The number of nitrogens with one attached hydrogen (secondary N) is 1. The van der Waals surface area contributed by atoms with Crippen molar-refractivity contribution in [2.24, 2.45) is 0 Å². The number of nitro groups is 1. The Kier molecular flexibility index (Phi) is 4.79. The van der Waals surface area contributed by atoms with Gasteiger partial charge >= 0.3 is 0 Å². The molecule has 2 rings (SSSR count). The first-order valence-electron chi connectivity index (χ1n) is 6.95. The van der Waals surface area contributed by atoms with Gasteiger partial charge in [-0.25, -0.2) is 0 Å². The lowest BCUT2D eigenvalue weighted by Crippen LogP contribution is -2.36. The molecule has 20 heavy (non-hydrogen) atoms. The molecule has 1 aromatic rings. The number of non-ortho nitro benzene ring substituents is 1. The lowest BCUT2D eigenvalue weighted by atomic mass is 10.1. The number of anilines is 2. The fraction of sp³-hybridized carbons (Fsp3) is 0.571. The number of ether oxygens (including phenoxy) is 1. The van der Waals surface area contributed by atoms with E-state index in [4.69, 9.17) is 4.74 Å². The van der Waals surface area contributed by atoms with Crippen LogP contribution >= 0.6 is 0 Å². The van der Waals surface area contributed by atoms with Crippen LogP contribution < -0.4 is 10.2 Å². The van der Waals surface area contributed by atoms with Gasteiger partial charge < -0.3 is 15.0 Å². The van der Waals surface area contributed by atoms with Crippen LogP contribution in [0.1, 0.15) is 19.8 Å². The number of hydrogen-bond donors (Lipinski definition) is 1. The standard InChI is InChI=1S/C14H21N3O3/c1-3-15-11-8-12(10-13(9-11)17(18)19)16-6-4-14(20-2)5-7-16/h8-10,14-15H,3-7H2,1-2H3. The predicted octanol–water partition coefficient (Wildman–Crippen LogP) is 2.64. The minimum atomic E-state index is -0.341. The number of rotatable bonds is 5. The average molecular weight is 279 g/mol. The third kappa shape index (κ3) is 3.39. The smallest absolute Gasteiger partial charge is 0.273 e. The Hall–Kier alpha value is -1.82. The maximum atomic E-state index is 11.0. The second kappa shape index (κ2) is 6.56. The highest BCUT2D eigenvalue weighted by Crippen LogP contribution is 2.29. The highest BCUT2D eigenvalue weighted by atomic mass is 16.6. The molecular weight excluding hydrogens is 258 g/mol. The second-order valence-corrected chi connectivity index (χ2v) is 4.95. The zero-order chi connectivity index (χ0) is 14.5. The summed E-state index contributed by atoms with van der Waals surface area (Å²) in [5, 5.41) is 14.2. The van der Waals surface area contributed by atoms with E-state index in [9.17, 15) is 10.1 Å². The lowest BCUT2D eigenvalue weighted by molar-refractivity contribution is -0.384. The van der Waals surface area contributed by atoms with Gasteiger partial charge in [-0.1, -0.05) is 0 Å². The molecular formula is C14H21N3O3. The van der Waals surface area contributed by atoms with Gasteiger partial charge in [-0.2, -0.15) is 0 Å². The maximum Gasteiger partial charge on any atom is 0.273 e. The number of methoxy groups -OCH3 is 1. The molecule has 1 fully saturated rings. The normalized spacial score (nSPS) is 16.2. The van der Waals surface area contributed by atoms with Gasteiger partial charge in [0, 0.05) is 50.3 Å². The molecule has 0 spiro atoms. The molecule has 1 N–H and O–H groups in total. The van der Waals surface area contributed by atoms with E-state index < -0.39 is 0 Å². The van der Waals surface area contributed by atoms with Gasteiger partial charge in [0.15, 0.2) is 0 Å². The summed E-state index contributed by atoms with van der Waals surface area (Å²) in [6.45, 7) is 4.45. The van der Waals surface area contributed by atoms with Gasteiger partial charge in [0.2, 0.25) is 0 Å². The molecule has 1 aliphatic heterocycles. The Morgan fingerprint density at radius 1 is 1.40 bits per heavy atom. The van der Waals surface area contributed by atoms with Gasteiger partial charge in [0.25, 0.3) is 5.69 Å². The molecule has 0 bridgehead atoms. The van der Waals surface area contributed by atoms with Crippen LogP contribution in [0.4, 0.5) is 17.1 Å². The fourth-order valence-electron chi connectivity index (χ4n) is 2.54. The molecule has 0 atom stereocenters. The van der Waals surface area contributed by atoms with Gasteiger partial charge in [-0.05, 0) is 25.8 Å². The van der Waals surface area contributed by atoms with Crippen molar-refractivity contribution in [3.05, 3.63) is 28.3 Å². The third-order valence-corrected chi connectivity index (χ3v) is 3.63. The summed E-state index contributed by atoms with van der Waals surface area (Å²) in [6.07, 6.45) is 2.21. The van der Waals surface area contributed by atoms with Crippen molar-refractivity contribution in [1.29, 1.82) is 0 Å². The van der Waals surface area contributed by atoms with Crippen molar-refractivity contribution < 1.29 is 9.66 Å². The Morgan fingerprint density at radius 3 is 2.65 bits per heavy atom. The predicted molar refractivity (Wildman–Crippen MR) is 79.5 cm³/mol. The molecule has 1 aromatic carbocycles. The molecule has 1 aliphatic rings. The van der Waals surface area contributed by atoms with E-state index >= 15 is 0 Å². The monoisotopic (exact) mass is 279 g/mol. The molecule has 0 radical (unpaired) electrons. The van der Waals surface area contributed by atoms with Crippen LogP contribution in [-0.2, 0) is 4.74 Å². The average Bonchev–Trinajstić information content (AvgIpc) is 2.47. The van der Waals surface area contributed by atoms with Crippen LogP contribution in [-0.4, -0.2) is 37.8 Å². The molecule has 1 heterocycles. The van der Waals surface area contributed by atoms with Gasteiger partial charge in [0.05, 0.1) is 11.0 Å². The summed E-state index contributed by atoms with van der Waals surface area (Å²) in [5.74, 6) is 0. The molecule has 0 unspecified atom stereocenters. The van der Waals surface area contributed by atoms with Gasteiger partial charge in [-0.15, -0.1) is 0 Å². The molecule has 110 valence electrons. The second-order valence-electron chi connectivity index (χ2n) is 4.95. The van der Waals surface area contributed by atoms with Crippen molar-refractivity contribution in [2.45, 2.75) is 25.9 Å².